The lowest BCUT2D eigenvalue weighted by Crippen LogP contribution is -2.53. The molecule has 1 fully saturated rings. The molecule has 2 amide bonds. The number of hydrogen-bond donors (Lipinski definition) is 1. The van der Waals surface area contributed by atoms with Crippen molar-refractivity contribution in [2.75, 3.05) is 23.4 Å². The molecule has 1 N–H and O–H groups in total. The second-order valence-corrected chi connectivity index (χ2v) is 12.2. The van der Waals surface area contributed by atoms with Crippen molar-refractivity contribution < 1.29 is 27.5 Å². The monoisotopic (exact) mass is 563 g/mol. The summed E-state index contributed by atoms with van der Waals surface area (Å²) in [6.45, 7) is 2.85. The molecule has 0 aromatic heterocycles. The van der Waals surface area contributed by atoms with E-state index in [9.17, 15) is 18.0 Å². The predicted molar refractivity (Wildman–Crippen MR) is 146 cm³/mol. The molecule has 206 valence electrons. The molecule has 0 radical (unpaired) electrons. The van der Waals surface area contributed by atoms with Crippen molar-refractivity contribution in [3.8, 4) is 11.5 Å². The van der Waals surface area contributed by atoms with Crippen LogP contribution in [0.1, 0.15) is 51.5 Å². The fourth-order valence-electron chi connectivity index (χ4n) is 4.74. The number of halogens is 1. The number of ether oxygens (including phenoxy) is 2. The smallest absolute Gasteiger partial charge is 0.244 e. The van der Waals surface area contributed by atoms with E-state index in [1.54, 1.807) is 43.3 Å². The molecule has 0 saturated heterocycles. The predicted octanol–water partition coefficient (Wildman–Crippen LogP) is 4.09. The highest BCUT2D eigenvalue weighted by Crippen LogP contribution is 2.36. The summed E-state index contributed by atoms with van der Waals surface area (Å²) in [6.07, 6.45) is 5.09. The molecule has 2 aromatic rings. The van der Waals surface area contributed by atoms with Crippen molar-refractivity contribution in [2.24, 2.45) is 0 Å². The number of benzene rings is 2. The Hall–Kier alpha value is -2.98. The van der Waals surface area contributed by atoms with Gasteiger partial charge in [-0.05, 0) is 56.5 Å². The maximum atomic E-state index is 13.8. The van der Waals surface area contributed by atoms with E-state index < -0.39 is 28.5 Å². The summed E-state index contributed by atoms with van der Waals surface area (Å²) in [5.74, 6) is -0.0706. The highest BCUT2D eigenvalue weighted by molar-refractivity contribution is 7.92. The third-order valence-electron chi connectivity index (χ3n) is 6.98. The molecule has 2 aliphatic rings. The largest absolute Gasteiger partial charge is 0.454 e. The summed E-state index contributed by atoms with van der Waals surface area (Å²) >= 11 is 6.18. The Morgan fingerprint density at radius 1 is 1.08 bits per heavy atom. The highest BCUT2D eigenvalue weighted by Gasteiger charge is 2.32. The van der Waals surface area contributed by atoms with Crippen molar-refractivity contribution in [2.45, 2.75) is 64.6 Å². The molecular formula is C27H34ClN3O6S. The number of carbonyl (C=O) groups is 2. The van der Waals surface area contributed by atoms with Crippen LogP contribution < -0.4 is 19.1 Å². The van der Waals surface area contributed by atoms with Gasteiger partial charge < -0.3 is 19.7 Å². The van der Waals surface area contributed by atoms with Gasteiger partial charge in [0.15, 0.2) is 11.5 Å². The molecule has 1 saturated carbocycles. The van der Waals surface area contributed by atoms with Gasteiger partial charge in [0, 0.05) is 23.7 Å². The van der Waals surface area contributed by atoms with Crippen LogP contribution in [-0.4, -0.2) is 56.3 Å². The van der Waals surface area contributed by atoms with Gasteiger partial charge in [-0.3, -0.25) is 13.9 Å². The number of carbonyl (C=O) groups excluding carboxylic acids is 2. The highest BCUT2D eigenvalue weighted by atomic mass is 35.5. The van der Waals surface area contributed by atoms with E-state index in [0.717, 1.165) is 42.0 Å². The lowest BCUT2D eigenvalue weighted by molar-refractivity contribution is -0.139. The summed E-state index contributed by atoms with van der Waals surface area (Å²) in [5.41, 5.74) is 1.02. The number of hydrogen-bond acceptors (Lipinski definition) is 6. The molecular weight excluding hydrogens is 530 g/mol. The number of sulfonamides is 1. The van der Waals surface area contributed by atoms with E-state index >= 15 is 0 Å². The molecule has 1 unspecified atom stereocenters. The van der Waals surface area contributed by atoms with Gasteiger partial charge in [0.1, 0.15) is 12.6 Å². The first-order chi connectivity index (χ1) is 18.2. The topological polar surface area (TPSA) is 105 Å². The minimum atomic E-state index is -3.84. The quantitative estimate of drug-likeness (QED) is 0.467. The normalized spacial score (nSPS) is 16.1. The van der Waals surface area contributed by atoms with Gasteiger partial charge in [-0.1, -0.05) is 43.0 Å². The zero-order valence-electron chi connectivity index (χ0n) is 21.7. The van der Waals surface area contributed by atoms with Gasteiger partial charge in [0.05, 0.1) is 11.4 Å². The maximum Gasteiger partial charge on any atom is 0.244 e. The average molecular weight is 564 g/mol. The molecule has 1 aliphatic carbocycles. The number of rotatable bonds is 10. The summed E-state index contributed by atoms with van der Waals surface area (Å²) in [4.78, 5) is 28.5. The van der Waals surface area contributed by atoms with Crippen molar-refractivity contribution in [3.63, 3.8) is 0 Å². The van der Waals surface area contributed by atoms with Crippen LogP contribution in [0.4, 0.5) is 5.69 Å². The van der Waals surface area contributed by atoms with Crippen LogP contribution >= 0.6 is 11.6 Å². The van der Waals surface area contributed by atoms with Gasteiger partial charge >= 0.3 is 0 Å². The summed E-state index contributed by atoms with van der Waals surface area (Å²) in [5, 5.41) is 3.59. The lowest BCUT2D eigenvalue weighted by atomic mass is 9.95. The third-order valence-corrected chi connectivity index (χ3v) is 8.96. The van der Waals surface area contributed by atoms with Crippen molar-refractivity contribution in [1.82, 2.24) is 10.2 Å². The van der Waals surface area contributed by atoms with E-state index in [1.165, 1.54) is 11.8 Å². The number of nitrogens with one attached hydrogen (secondary N) is 1. The van der Waals surface area contributed by atoms with Gasteiger partial charge in [-0.2, -0.15) is 0 Å². The Morgan fingerprint density at radius 2 is 1.82 bits per heavy atom. The molecule has 0 bridgehead atoms. The molecule has 4 rings (SSSR count). The van der Waals surface area contributed by atoms with E-state index in [2.05, 4.69) is 5.32 Å². The van der Waals surface area contributed by atoms with Gasteiger partial charge in [-0.25, -0.2) is 8.42 Å². The van der Waals surface area contributed by atoms with Crippen LogP contribution in [0.5, 0.6) is 11.5 Å². The first-order valence-electron chi connectivity index (χ1n) is 12.9. The standard InChI is InChI=1S/C27H34ClN3O6S/c1-3-38(34,35)31(23-12-13-24-25(15-23)37-18-36-24)17-26(32)30(16-20-8-7-9-21(28)14-20)19(2)27(33)29-22-10-5-4-6-11-22/h7-9,12-15,19,22H,3-6,10-11,16-18H2,1-2H3,(H,29,33). The lowest BCUT2D eigenvalue weighted by Gasteiger charge is -2.33. The second-order valence-electron chi connectivity index (χ2n) is 9.62. The number of amides is 2. The minimum Gasteiger partial charge on any atom is -0.454 e. The van der Waals surface area contributed by atoms with Crippen LogP contribution in [0.3, 0.4) is 0 Å². The molecule has 11 heteroatoms. The first-order valence-corrected chi connectivity index (χ1v) is 14.9. The molecule has 2 aromatic carbocycles. The number of anilines is 1. The molecule has 1 aliphatic heterocycles. The molecule has 38 heavy (non-hydrogen) atoms. The summed E-state index contributed by atoms with van der Waals surface area (Å²) in [7, 11) is -3.84. The van der Waals surface area contributed by atoms with E-state index in [-0.39, 0.29) is 36.7 Å². The zero-order valence-corrected chi connectivity index (χ0v) is 23.3. The first kappa shape index (κ1) is 28.0. The van der Waals surface area contributed by atoms with E-state index in [4.69, 9.17) is 21.1 Å². The van der Waals surface area contributed by atoms with E-state index in [0.29, 0.717) is 16.5 Å². The zero-order chi connectivity index (χ0) is 27.3. The number of fused-ring (bicyclic) bond motifs is 1. The van der Waals surface area contributed by atoms with Crippen molar-refractivity contribution >= 4 is 39.1 Å². The fraction of sp³-hybridized carbons (Fsp3) is 0.481. The van der Waals surface area contributed by atoms with Crippen LogP contribution in [0, 0.1) is 0 Å². The van der Waals surface area contributed by atoms with Gasteiger partial charge in [-0.15, -0.1) is 0 Å². The van der Waals surface area contributed by atoms with Crippen LogP contribution in [-0.2, 0) is 26.2 Å². The Bertz CT molecular complexity index is 1270. The Kier molecular flexibility index (Phi) is 9.04. The molecule has 9 nitrogen and oxygen atoms in total. The Labute approximate surface area is 229 Å². The minimum absolute atomic E-state index is 0.0410. The van der Waals surface area contributed by atoms with Crippen LogP contribution in [0.2, 0.25) is 5.02 Å². The van der Waals surface area contributed by atoms with Gasteiger partial charge in [0.2, 0.25) is 28.6 Å². The number of nitrogens with zero attached hydrogens (tertiary/aromatic N) is 2. The van der Waals surface area contributed by atoms with Crippen molar-refractivity contribution in [1.29, 1.82) is 0 Å². The SMILES string of the molecule is CCS(=O)(=O)N(CC(=O)N(Cc1cccc(Cl)c1)C(C)C(=O)NC1CCCCC1)c1ccc2c(c1)OCO2. The average Bonchev–Trinajstić information content (AvgIpc) is 3.38. The molecule has 0 spiro atoms. The van der Waals surface area contributed by atoms with Crippen LogP contribution in [0.15, 0.2) is 42.5 Å². The fourth-order valence-corrected chi connectivity index (χ4v) is 6.01. The molecule has 1 heterocycles. The molecule has 1 atom stereocenters. The van der Waals surface area contributed by atoms with Crippen molar-refractivity contribution in [3.05, 3.63) is 53.1 Å². The second kappa shape index (κ2) is 12.3. The summed E-state index contributed by atoms with van der Waals surface area (Å²) < 4.78 is 38.0. The van der Waals surface area contributed by atoms with Gasteiger partial charge in [0.25, 0.3) is 0 Å². The third kappa shape index (κ3) is 6.71. The Balaban J connectivity index is 1.61. The Morgan fingerprint density at radius 3 is 2.53 bits per heavy atom. The summed E-state index contributed by atoms with van der Waals surface area (Å²) in [6, 6.07) is 11.0. The van der Waals surface area contributed by atoms with E-state index in [1.807, 2.05) is 6.07 Å². The van der Waals surface area contributed by atoms with Crippen LogP contribution in [0.25, 0.3) is 0 Å². The maximum absolute atomic E-state index is 13.8.